The molecule has 0 bridgehead atoms. The van der Waals surface area contributed by atoms with E-state index in [0.29, 0.717) is 0 Å². The highest BCUT2D eigenvalue weighted by molar-refractivity contribution is 6.31. The van der Waals surface area contributed by atoms with E-state index in [2.05, 4.69) is 5.32 Å². The Balaban J connectivity index is 2.88. The van der Waals surface area contributed by atoms with E-state index in [9.17, 15) is 14.0 Å². The fourth-order valence-electron chi connectivity index (χ4n) is 1.61. The number of carboxylic acid groups (broad SMARTS) is 1. The summed E-state index contributed by atoms with van der Waals surface area (Å²) >= 11 is 5.57. The summed E-state index contributed by atoms with van der Waals surface area (Å²) < 4.78 is 13.6. The number of carbonyl (C=O) groups is 2. The summed E-state index contributed by atoms with van der Waals surface area (Å²) in [4.78, 5) is 22.9. The Kier molecular flexibility index (Phi) is 5.30. The number of aliphatic carboxylic acids is 1. The molecule has 0 aliphatic rings. The number of rotatable bonds is 5. The number of amides is 1. The zero-order valence-electron chi connectivity index (χ0n) is 10.6. The van der Waals surface area contributed by atoms with Crippen molar-refractivity contribution < 1.29 is 19.1 Å². The molecule has 0 aliphatic carbocycles. The van der Waals surface area contributed by atoms with Gasteiger partial charge in [-0.15, -0.1) is 0 Å². The number of carbonyl (C=O) groups excluding carboxylic acids is 1. The number of benzene rings is 1. The lowest BCUT2D eigenvalue weighted by Gasteiger charge is -2.16. The Morgan fingerprint density at radius 1 is 1.42 bits per heavy atom. The van der Waals surface area contributed by atoms with Gasteiger partial charge in [0.05, 0.1) is 10.6 Å². The van der Waals surface area contributed by atoms with Gasteiger partial charge >= 0.3 is 5.97 Å². The van der Waals surface area contributed by atoms with Crippen molar-refractivity contribution in [3.05, 3.63) is 34.6 Å². The smallest absolute Gasteiger partial charge is 0.326 e. The molecule has 1 rings (SSSR count). The van der Waals surface area contributed by atoms with Gasteiger partial charge in [0.2, 0.25) is 0 Å². The minimum absolute atomic E-state index is 0.0885. The van der Waals surface area contributed by atoms with Crippen LogP contribution in [0.15, 0.2) is 18.2 Å². The molecular weight excluding hydrogens is 273 g/mol. The maximum atomic E-state index is 13.6. The standard InChI is InChI=1S/C13H15ClFNO3/c1-7(2)6-10(13(18)19)16-12(17)8-4-3-5-9(14)11(8)15/h3-5,7,10H,6H2,1-2H3,(H,16,17)(H,18,19). The quantitative estimate of drug-likeness (QED) is 0.875. The van der Waals surface area contributed by atoms with Crippen molar-refractivity contribution in [1.82, 2.24) is 5.32 Å². The van der Waals surface area contributed by atoms with Crippen LogP contribution < -0.4 is 5.32 Å². The van der Waals surface area contributed by atoms with Gasteiger partial charge in [-0.05, 0) is 24.5 Å². The van der Waals surface area contributed by atoms with Crippen LogP contribution in [-0.4, -0.2) is 23.0 Å². The van der Waals surface area contributed by atoms with Crippen molar-refractivity contribution in [2.45, 2.75) is 26.3 Å². The highest BCUT2D eigenvalue weighted by Gasteiger charge is 2.23. The first-order chi connectivity index (χ1) is 8.82. The van der Waals surface area contributed by atoms with Crippen LogP contribution >= 0.6 is 11.6 Å². The van der Waals surface area contributed by atoms with E-state index in [-0.39, 0.29) is 22.9 Å². The molecule has 0 aromatic heterocycles. The third kappa shape index (κ3) is 4.21. The maximum Gasteiger partial charge on any atom is 0.326 e. The molecule has 0 fully saturated rings. The number of halogens is 2. The van der Waals surface area contributed by atoms with Crippen LogP contribution in [0.4, 0.5) is 4.39 Å². The van der Waals surface area contributed by atoms with Crippen LogP contribution in [0.1, 0.15) is 30.6 Å². The van der Waals surface area contributed by atoms with Crippen molar-refractivity contribution in [1.29, 1.82) is 0 Å². The normalized spacial score (nSPS) is 12.3. The maximum absolute atomic E-state index is 13.6. The zero-order chi connectivity index (χ0) is 14.6. The molecule has 6 heteroatoms. The van der Waals surface area contributed by atoms with Crippen molar-refractivity contribution in [2.24, 2.45) is 5.92 Å². The SMILES string of the molecule is CC(C)CC(NC(=O)c1cccc(Cl)c1F)C(=O)O. The molecule has 1 aromatic rings. The Bertz CT molecular complexity index is 491. The molecule has 0 radical (unpaired) electrons. The first-order valence-electron chi connectivity index (χ1n) is 5.80. The fraction of sp³-hybridized carbons (Fsp3) is 0.385. The lowest BCUT2D eigenvalue weighted by atomic mass is 10.0. The van der Waals surface area contributed by atoms with E-state index in [1.165, 1.54) is 18.2 Å². The van der Waals surface area contributed by atoms with Crippen LogP contribution in [0.3, 0.4) is 0 Å². The average Bonchev–Trinajstić information content (AvgIpc) is 2.31. The summed E-state index contributed by atoms with van der Waals surface area (Å²) in [5, 5.41) is 11.1. The van der Waals surface area contributed by atoms with Crippen LogP contribution in [0.5, 0.6) is 0 Å². The lowest BCUT2D eigenvalue weighted by molar-refractivity contribution is -0.139. The molecule has 2 N–H and O–H groups in total. The molecule has 4 nitrogen and oxygen atoms in total. The van der Waals surface area contributed by atoms with Crippen LogP contribution in [-0.2, 0) is 4.79 Å². The van der Waals surface area contributed by atoms with Crippen molar-refractivity contribution in [3.8, 4) is 0 Å². The highest BCUT2D eigenvalue weighted by atomic mass is 35.5. The number of carboxylic acids is 1. The predicted molar refractivity (Wildman–Crippen MR) is 69.8 cm³/mol. The van der Waals surface area contributed by atoms with E-state index >= 15 is 0 Å². The van der Waals surface area contributed by atoms with Gasteiger partial charge in [0.15, 0.2) is 5.82 Å². The summed E-state index contributed by atoms with van der Waals surface area (Å²) in [6, 6.07) is 2.95. The molecule has 0 spiro atoms. The van der Waals surface area contributed by atoms with E-state index in [1.54, 1.807) is 0 Å². The summed E-state index contributed by atoms with van der Waals surface area (Å²) in [5.41, 5.74) is -0.262. The second kappa shape index (κ2) is 6.52. The first kappa shape index (κ1) is 15.4. The first-order valence-corrected chi connectivity index (χ1v) is 6.18. The van der Waals surface area contributed by atoms with Gasteiger partial charge in [0, 0.05) is 0 Å². The average molecular weight is 288 g/mol. The summed E-state index contributed by atoms with van der Waals surface area (Å²) in [6.45, 7) is 3.67. The van der Waals surface area contributed by atoms with Gasteiger partial charge in [0.25, 0.3) is 5.91 Å². The predicted octanol–water partition coefficient (Wildman–Crippen LogP) is 2.71. The molecule has 1 unspecified atom stereocenters. The minimum atomic E-state index is -1.15. The third-order valence-electron chi connectivity index (χ3n) is 2.51. The molecule has 1 aromatic carbocycles. The third-order valence-corrected chi connectivity index (χ3v) is 2.80. The topological polar surface area (TPSA) is 66.4 Å². The van der Waals surface area contributed by atoms with Gasteiger partial charge in [-0.25, -0.2) is 9.18 Å². The second-order valence-electron chi connectivity index (χ2n) is 4.60. The molecule has 0 aliphatic heterocycles. The monoisotopic (exact) mass is 287 g/mol. The van der Waals surface area contributed by atoms with Gasteiger partial charge in [-0.2, -0.15) is 0 Å². The van der Waals surface area contributed by atoms with Crippen molar-refractivity contribution >= 4 is 23.5 Å². The van der Waals surface area contributed by atoms with Crippen LogP contribution in [0.25, 0.3) is 0 Å². The molecule has 0 heterocycles. The van der Waals surface area contributed by atoms with Crippen LogP contribution in [0.2, 0.25) is 5.02 Å². The second-order valence-corrected chi connectivity index (χ2v) is 5.00. The lowest BCUT2D eigenvalue weighted by Crippen LogP contribution is -2.41. The van der Waals surface area contributed by atoms with Crippen molar-refractivity contribution in [2.75, 3.05) is 0 Å². The molecular formula is C13H15ClFNO3. The molecule has 104 valence electrons. The van der Waals surface area contributed by atoms with E-state index in [1.807, 2.05) is 13.8 Å². The summed E-state index contributed by atoms with van der Waals surface area (Å²) in [5.74, 6) is -2.70. The molecule has 1 amide bonds. The van der Waals surface area contributed by atoms with E-state index in [0.717, 1.165) is 0 Å². The number of nitrogens with one attached hydrogen (secondary N) is 1. The fourth-order valence-corrected chi connectivity index (χ4v) is 1.78. The van der Waals surface area contributed by atoms with Gasteiger partial charge in [0.1, 0.15) is 6.04 Å². The van der Waals surface area contributed by atoms with E-state index in [4.69, 9.17) is 16.7 Å². The number of hydrogen-bond donors (Lipinski definition) is 2. The summed E-state index contributed by atoms with van der Waals surface area (Å²) in [7, 11) is 0. The number of hydrogen-bond acceptors (Lipinski definition) is 2. The highest BCUT2D eigenvalue weighted by Crippen LogP contribution is 2.18. The van der Waals surface area contributed by atoms with Crippen LogP contribution in [0, 0.1) is 11.7 Å². The minimum Gasteiger partial charge on any atom is -0.480 e. The molecule has 0 saturated carbocycles. The Morgan fingerprint density at radius 3 is 2.58 bits per heavy atom. The Morgan fingerprint density at radius 2 is 2.05 bits per heavy atom. The van der Waals surface area contributed by atoms with Gasteiger partial charge in [-0.3, -0.25) is 4.79 Å². The molecule has 0 saturated heterocycles. The zero-order valence-corrected chi connectivity index (χ0v) is 11.4. The Hall–Kier alpha value is -1.62. The molecule has 1 atom stereocenters. The van der Waals surface area contributed by atoms with E-state index < -0.39 is 23.7 Å². The summed E-state index contributed by atoms with van der Waals surface area (Å²) in [6.07, 6.45) is 0.267. The largest absolute Gasteiger partial charge is 0.480 e. The Labute approximate surface area is 115 Å². The van der Waals surface area contributed by atoms with Crippen molar-refractivity contribution in [3.63, 3.8) is 0 Å². The van der Waals surface area contributed by atoms with Gasteiger partial charge in [-0.1, -0.05) is 31.5 Å². The molecule has 19 heavy (non-hydrogen) atoms. The van der Waals surface area contributed by atoms with Gasteiger partial charge < -0.3 is 10.4 Å².